The highest BCUT2D eigenvalue weighted by molar-refractivity contribution is 7.08. The van der Waals surface area contributed by atoms with Crippen LogP contribution in [-0.2, 0) is 4.79 Å². The number of likely N-dealkylation sites (tertiary alicyclic amines) is 1. The lowest BCUT2D eigenvalue weighted by molar-refractivity contribution is -0.114. The monoisotopic (exact) mass is 396 g/mol. The summed E-state index contributed by atoms with van der Waals surface area (Å²) in [5.41, 5.74) is 2.19. The molecule has 0 spiro atoms. The number of thiophene rings is 1. The number of hydrogen-bond acceptors (Lipinski definition) is 6. The van der Waals surface area contributed by atoms with Gasteiger partial charge in [-0.15, -0.1) is 10.2 Å². The van der Waals surface area contributed by atoms with Crippen molar-refractivity contribution in [3.63, 3.8) is 0 Å². The average Bonchev–Trinajstić information content (AvgIpc) is 3.39. The summed E-state index contributed by atoms with van der Waals surface area (Å²) >= 11 is 1.58. The summed E-state index contributed by atoms with van der Waals surface area (Å²) in [5, 5.41) is 15.0. The van der Waals surface area contributed by atoms with Crippen molar-refractivity contribution in [3.05, 3.63) is 52.5 Å². The highest BCUT2D eigenvalue weighted by atomic mass is 32.1. The Kier molecular flexibility index (Phi) is 5.21. The number of amides is 2. The van der Waals surface area contributed by atoms with E-state index in [2.05, 4.69) is 15.5 Å². The van der Waals surface area contributed by atoms with Crippen LogP contribution in [0.15, 0.2) is 45.5 Å². The molecule has 144 valence electrons. The molecule has 3 heterocycles. The molecule has 8 heteroatoms. The van der Waals surface area contributed by atoms with E-state index in [0.29, 0.717) is 36.1 Å². The minimum absolute atomic E-state index is 0.0309. The van der Waals surface area contributed by atoms with Crippen LogP contribution in [0.1, 0.15) is 41.9 Å². The molecule has 0 saturated carbocycles. The van der Waals surface area contributed by atoms with E-state index in [-0.39, 0.29) is 17.7 Å². The molecule has 1 saturated heterocycles. The van der Waals surface area contributed by atoms with Crippen LogP contribution in [-0.4, -0.2) is 40.0 Å². The summed E-state index contributed by atoms with van der Waals surface area (Å²) in [4.78, 5) is 25.8. The van der Waals surface area contributed by atoms with Gasteiger partial charge in [-0.3, -0.25) is 9.59 Å². The zero-order valence-corrected chi connectivity index (χ0v) is 16.2. The van der Waals surface area contributed by atoms with E-state index in [1.54, 1.807) is 35.6 Å². The van der Waals surface area contributed by atoms with E-state index in [1.165, 1.54) is 6.92 Å². The van der Waals surface area contributed by atoms with Crippen molar-refractivity contribution < 1.29 is 14.0 Å². The second-order valence-corrected chi connectivity index (χ2v) is 7.59. The molecular formula is C20H20N4O3S. The number of benzene rings is 1. The zero-order valence-electron chi connectivity index (χ0n) is 15.4. The molecule has 2 aromatic heterocycles. The fraction of sp³-hybridized carbons (Fsp3) is 0.300. The van der Waals surface area contributed by atoms with E-state index < -0.39 is 0 Å². The van der Waals surface area contributed by atoms with E-state index in [1.807, 2.05) is 21.7 Å². The van der Waals surface area contributed by atoms with Crippen molar-refractivity contribution in [2.75, 3.05) is 18.4 Å². The fourth-order valence-electron chi connectivity index (χ4n) is 3.35. The number of anilines is 1. The van der Waals surface area contributed by atoms with Gasteiger partial charge in [-0.2, -0.15) is 11.3 Å². The number of nitrogens with one attached hydrogen (secondary N) is 1. The number of piperidine rings is 1. The quantitative estimate of drug-likeness (QED) is 0.725. The highest BCUT2D eigenvalue weighted by Gasteiger charge is 2.29. The third kappa shape index (κ3) is 3.96. The molecule has 1 atom stereocenters. The van der Waals surface area contributed by atoms with Gasteiger partial charge in [-0.05, 0) is 48.6 Å². The van der Waals surface area contributed by atoms with Crippen LogP contribution in [0.3, 0.4) is 0 Å². The molecule has 1 aliphatic rings. The van der Waals surface area contributed by atoms with E-state index in [4.69, 9.17) is 4.42 Å². The van der Waals surface area contributed by atoms with Gasteiger partial charge in [-0.1, -0.05) is 0 Å². The molecule has 2 amide bonds. The second-order valence-electron chi connectivity index (χ2n) is 6.81. The van der Waals surface area contributed by atoms with Gasteiger partial charge >= 0.3 is 0 Å². The molecule has 0 bridgehead atoms. The first-order chi connectivity index (χ1) is 13.6. The van der Waals surface area contributed by atoms with Gasteiger partial charge < -0.3 is 14.6 Å². The van der Waals surface area contributed by atoms with Crippen molar-refractivity contribution in [1.82, 2.24) is 15.1 Å². The van der Waals surface area contributed by atoms with Crippen LogP contribution in [0.4, 0.5) is 5.69 Å². The second kappa shape index (κ2) is 7.93. The molecule has 1 aliphatic heterocycles. The van der Waals surface area contributed by atoms with Crippen LogP contribution < -0.4 is 5.32 Å². The normalized spacial score (nSPS) is 16.8. The van der Waals surface area contributed by atoms with Crippen LogP contribution in [0.5, 0.6) is 0 Å². The van der Waals surface area contributed by atoms with Gasteiger partial charge in [0.2, 0.25) is 17.7 Å². The number of hydrogen-bond donors (Lipinski definition) is 1. The topological polar surface area (TPSA) is 88.3 Å². The number of carbonyl (C=O) groups is 2. The average molecular weight is 396 g/mol. The zero-order chi connectivity index (χ0) is 19.5. The van der Waals surface area contributed by atoms with Crippen LogP contribution >= 0.6 is 11.3 Å². The minimum Gasteiger partial charge on any atom is -0.420 e. The maximum Gasteiger partial charge on any atom is 0.253 e. The third-order valence-corrected chi connectivity index (χ3v) is 5.40. The Balaban J connectivity index is 1.44. The molecule has 0 radical (unpaired) electrons. The SMILES string of the molecule is CC(=O)Nc1ccc(C(=O)N2CCC[C@H](c3nnc(-c4ccsc4)o3)C2)cc1. The van der Waals surface area contributed by atoms with E-state index in [0.717, 1.165) is 18.4 Å². The van der Waals surface area contributed by atoms with Crippen molar-refractivity contribution in [3.8, 4) is 11.5 Å². The summed E-state index contributed by atoms with van der Waals surface area (Å²) in [7, 11) is 0. The fourth-order valence-corrected chi connectivity index (χ4v) is 3.98. The van der Waals surface area contributed by atoms with Gasteiger partial charge in [-0.25, -0.2) is 0 Å². The first-order valence-electron chi connectivity index (χ1n) is 9.13. The molecule has 1 aromatic carbocycles. The summed E-state index contributed by atoms with van der Waals surface area (Å²) in [6.07, 6.45) is 1.80. The van der Waals surface area contributed by atoms with Crippen molar-refractivity contribution in [2.45, 2.75) is 25.7 Å². The summed E-state index contributed by atoms with van der Waals surface area (Å²) in [6.45, 7) is 2.71. The Morgan fingerprint density at radius 2 is 2.04 bits per heavy atom. The Hall–Kier alpha value is -3.00. The molecule has 4 rings (SSSR count). The van der Waals surface area contributed by atoms with Gasteiger partial charge in [0, 0.05) is 42.2 Å². The lowest BCUT2D eigenvalue weighted by Gasteiger charge is -2.31. The number of rotatable bonds is 4. The third-order valence-electron chi connectivity index (χ3n) is 4.72. The standard InChI is InChI=1S/C20H20N4O3S/c1-13(25)21-17-6-4-14(5-7-17)20(26)24-9-2-3-15(11-24)18-22-23-19(27-18)16-8-10-28-12-16/h4-8,10,12,15H,2-3,9,11H2,1H3,(H,21,25)/t15-/m0/s1. The summed E-state index contributed by atoms with van der Waals surface area (Å²) in [5.74, 6) is 0.972. The highest BCUT2D eigenvalue weighted by Crippen LogP contribution is 2.29. The maximum absolute atomic E-state index is 12.9. The molecule has 0 unspecified atom stereocenters. The van der Waals surface area contributed by atoms with Crippen LogP contribution in [0.25, 0.3) is 11.5 Å². The van der Waals surface area contributed by atoms with Crippen molar-refractivity contribution >= 4 is 28.8 Å². The minimum atomic E-state index is -0.140. The Morgan fingerprint density at radius 1 is 1.21 bits per heavy atom. The number of nitrogens with zero attached hydrogens (tertiary/aromatic N) is 3. The lowest BCUT2D eigenvalue weighted by atomic mass is 9.97. The predicted octanol–water partition coefficient (Wildman–Crippen LogP) is 3.78. The molecule has 7 nitrogen and oxygen atoms in total. The van der Waals surface area contributed by atoms with Crippen molar-refractivity contribution in [2.24, 2.45) is 0 Å². The molecule has 28 heavy (non-hydrogen) atoms. The van der Waals surface area contributed by atoms with Gasteiger partial charge in [0.1, 0.15) is 0 Å². The molecule has 0 aliphatic carbocycles. The molecule has 1 N–H and O–H groups in total. The van der Waals surface area contributed by atoms with Crippen LogP contribution in [0.2, 0.25) is 0 Å². The largest absolute Gasteiger partial charge is 0.420 e. The van der Waals surface area contributed by atoms with Crippen molar-refractivity contribution in [1.29, 1.82) is 0 Å². The first kappa shape index (κ1) is 18.4. The van der Waals surface area contributed by atoms with Gasteiger partial charge in [0.25, 0.3) is 5.91 Å². The summed E-state index contributed by atoms with van der Waals surface area (Å²) in [6, 6.07) is 8.89. The molecular weight excluding hydrogens is 376 g/mol. The van der Waals surface area contributed by atoms with Gasteiger partial charge in [0.05, 0.1) is 5.92 Å². The first-order valence-corrected chi connectivity index (χ1v) is 10.1. The maximum atomic E-state index is 12.9. The lowest BCUT2D eigenvalue weighted by Crippen LogP contribution is -2.39. The van der Waals surface area contributed by atoms with Crippen LogP contribution in [0, 0.1) is 0 Å². The van der Waals surface area contributed by atoms with Gasteiger partial charge in [0.15, 0.2) is 0 Å². The predicted molar refractivity (Wildman–Crippen MR) is 106 cm³/mol. The van der Waals surface area contributed by atoms with E-state index >= 15 is 0 Å². The number of aromatic nitrogens is 2. The van der Waals surface area contributed by atoms with E-state index in [9.17, 15) is 9.59 Å². The molecule has 1 fully saturated rings. The Bertz CT molecular complexity index is 966. The smallest absolute Gasteiger partial charge is 0.253 e. The number of carbonyl (C=O) groups excluding carboxylic acids is 2. The summed E-state index contributed by atoms with van der Waals surface area (Å²) < 4.78 is 5.86. The Labute approximate surface area is 166 Å². The molecule has 3 aromatic rings. The Morgan fingerprint density at radius 3 is 2.75 bits per heavy atom.